The summed E-state index contributed by atoms with van der Waals surface area (Å²) in [6.45, 7) is 1.30. The molecule has 2 rings (SSSR count). The molecule has 20 heavy (non-hydrogen) atoms. The number of benzene rings is 2. The molecule has 102 valence electrons. The summed E-state index contributed by atoms with van der Waals surface area (Å²) in [5.41, 5.74) is 0.0148. The van der Waals surface area contributed by atoms with E-state index in [1.54, 1.807) is 0 Å². The molecular formula is C14H10FNO4. The molecule has 0 saturated heterocycles. The van der Waals surface area contributed by atoms with Crippen molar-refractivity contribution in [2.24, 2.45) is 0 Å². The molecule has 0 bridgehead atoms. The van der Waals surface area contributed by atoms with Crippen LogP contribution in [0.15, 0.2) is 42.5 Å². The van der Waals surface area contributed by atoms with Crippen LogP contribution in [0.25, 0.3) is 0 Å². The predicted molar refractivity (Wildman–Crippen MR) is 69.6 cm³/mol. The van der Waals surface area contributed by atoms with E-state index in [0.29, 0.717) is 0 Å². The molecule has 0 atom stereocenters. The van der Waals surface area contributed by atoms with E-state index in [4.69, 9.17) is 4.74 Å². The topological polar surface area (TPSA) is 69.4 Å². The van der Waals surface area contributed by atoms with Gasteiger partial charge in [0.25, 0.3) is 5.69 Å². The highest BCUT2D eigenvalue weighted by molar-refractivity contribution is 5.96. The Bertz CT molecular complexity index is 667. The molecule has 0 aliphatic heterocycles. The summed E-state index contributed by atoms with van der Waals surface area (Å²) in [5, 5.41) is 10.5. The average Bonchev–Trinajstić information content (AvgIpc) is 2.41. The van der Waals surface area contributed by atoms with Crippen LogP contribution in [0.3, 0.4) is 0 Å². The summed E-state index contributed by atoms with van der Waals surface area (Å²) >= 11 is 0. The van der Waals surface area contributed by atoms with Crippen molar-refractivity contribution in [1.29, 1.82) is 0 Å². The standard InChI is InChI=1S/C14H10FNO4/c1-9(17)12-3-2-4-13(15)14(12)20-11-7-5-10(6-8-11)16(18)19/h2-8H,1H3. The maximum Gasteiger partial charge on any atom is 0.269 e. The smallest absolute Gasteiger partial charge is 0.269 e. The molecule has 0 N–H and O–H groups in total. The van der Waals surface area contributed by atoms with E-state index in [1.807, 2.05) is 0 Å². The number of carbonyl (C=O) groups excluding carboxylic acids is 1. The number of para-hydroxylation sites is 1. The summed E-state index contributed by atoms with van der Waals surface area (Å²) in [7, 11) is 0. The third-order valence-electron chi connectivity index (χ3n) is 2.61. The molecule has 0 fully saturated rings. The number of carbonyl (C=O) groups is 1. The quantitative estimate of drug-likeness (QED) is 0.484. The lowest BCUT2D eigenvalue weighted by Gasteiger charge is -2.10. The molecule has 0 saturated carbocycles. The Kier molecular flexibility index (Phi) is 3.74. The first-order chi connectivity index (χ1) is 9.49. The van der Waals surface area contributed by atoms with Crippen molar-refractivity contribution in [3.8, 4) is 11.5 Å². The van der Waals surface area contributed by atoms with Gasteiger partial charge in [-0.3, -0.25) is 14.9 Å². The van der Waals surface area contributed by atoms with Crippen LogP contribution in [-0.4, -0.2) is 10.7 Å². The Morgan fingerprint density at radius 1 is 1.20 bits per heavy atom. The van der Waals surface area contributed by atoms with Crippen molar-refractivity contribution in [1.82, 2.24) is 0 Å². The average molecular weight is 275 g/mol. The molecule has 0 heterocycles. The molecule has 0 unspecified atom stereocenters. The summed E-state index contributed by atoms with van der Waals surface area (Å²) < 4.78 is 19.0. The molecule has 6 heteroatoms. The van der Waals surface area contributed by atoms with E-state index in [2.05, 4.69) is 0 Å². The van der Waals surface area contributed by atoms with Crippen molar-refractivity contribution in [2.45, 2.75) is 6.92 Å². The van der Waals surface area contributed by atoms with Crippen LogP contribution in [0.4, 0.5) is 10.1 Å². The number of nitro benzene ring substituents is 1. The number of nitrogens with zero attached hydrogens (tertiary/aromatic N) is 1. The van der Waals surface area contributed by atoms with Gasteiger partial charge in [0.15, 0.2) is 17.3 Å². The molecule has 2 aromatic rings. The van der Waals surface area contributed by atoms with Crippen LogP contribution in [0.1, 0.15) is 17.3 Å². The van der Waals surface area contributed by atoms with Gasteiger partial charge in [0.2, 0.25) is 0 Å². The zero-order chi connectivity index (χ0) is 14.7. The Morgan fingerprint density at radius 3 is 2.40 bits per heavy atom. The first kappa shape index (κ1) is 13.7. The van der Waals surface area contributed by atoms with E-state index >= 15 is 0 Å². The van der Waals surface area contributed by atoms with Gasteiger partial charge in [-0.05, 0) is 31.2 Å². The van der Waals surface area contributed by atoms with E-state index in [-0.39, 0.29) is 28.5 Å². The second-order valence-electron chi connectivity index (χ2n) is 4.03. The zero-order valence-corrected chi connectivity index (χ0v) is 10.5. The number of non-ortho nitro benzene ring substituents is 1. The molecule has 0 aliphatic carbocycles. The lowest BCUT2D eigenvalue weighted by atomic mass is 10.1. The van der Waals surface area contributed by atoms with E-state index in [1.165, 1.54) is 49.4 Å². The van der Waals surface area contributed by atoms with Crippen molar-refractivity contribution < 1.29 is 18.8 Å². The minimum absolute atomic E-state index is 0.0994. The van der Waals surface area contributed by atoms with Crippen LogP contribution in [0, 0.1) is 15.9 Å². The van der Waals surface area contributed by atoms with Gasteiger partial charge in [0.1, 0.15) is 5.75 Å². The summed E-state index contributed by atoms with van der Waals surface area (Å²) in [5.74, 6) is -0.977. The maximum atomic E-state index is 13.7. The molecule has 2 aromatic carbocycles. The predicted octanol–water partition coefficient (Wildman–Crippen LogP) is 3.73. The lowest BCUT2D eigenvalue weighted by molar-refractivity contribution is -0.384. The Labute approximate surface area is 113 Å². The van der Waals surface area contributed by atoms with Gasteiger partial charge in [-0.25, -0.2) is 4.39 Å². The highest BCUT2D eigenvalue weighted by Crippen LogP contribution is 2.29. The van der Waals surface area contributed by atoms with E-state index in [0.717, 1.165) is 0 Å². The van der Waals surface area contributed by atoms with Gasteiger partial charge in [-0.2, -0.15) is 0 Å². The molecule has 0 spiro atoms. The van der Waals surface area contributed by atoms with E-state index in [9.17, 15) is 19.3 Å². The SMILES string of the molecule is CC(=O)c1cccc(F)c1Oc1ccc([N+](=O)[O-])cc1. The Hall–Kier alpha value is -2.76. The molecule has 0 aliphatic rings. The molecular weight excluding hydrogens is 265 g/mol. The van der Waals surface area contributed by atoms with Gasteiger partial charge in [0.05, 0.1) is 10.5 Å². The van der Waals surface area contributed by atoms with Gasteiger partial charge < -0.3 is 4.74 Å². The first-order valence-corrected chi connectivity index (χ1v) is 5.71. The number of hydrogen-bond donors (Lipinski definition) is 0. The minimum atomic E-state index is -0.670. The third-order valence-corrected chi connectivity index (χ3v) is 2.61. The summed E-state index contributed by atoms with van der Waals surface area (Å²) in [6, 6.07) is 9.20. The largest absolute Gasteiger partial charge is 0.454 e. The van der Waals surface area contributed by atoms with Crippen LogP contribution >= 0.6 is 0 Å². The van der Waals surface area contributed by atoms with Gasteiger partial charge >= 0.3 is 0 Å². The minimum Gasteiger partial charge on any atom is -0.454 e. The number of hydrogen-bond acceptors (Lipinski definition) is 4. The van der Waals surface area contributed by atoms with Gasteiger partial charge in [0, 0.05) is 12.1 Å². The molecule has 0 amide bonds. The van der Waals surface area contributed by atoms with Crippen LogP contribution < -0.4 is 4.74 Å². The summed E-state index contributed by atoms with van der Waals surface area (Å²) in [4.78, 5) is 21.4. The van der Waals surface area contributed by atoms with Gasteiger partial charge in [-0.1, -0.05) is 6.07 Å². The fraction of sp³-hybridized carbons (Fsp3) is 0.0714. The maximum absolute atomic E-state index is 13.7. The van der Waals surface area contributed by atoms with Crippen molar-refractivity contribution in [3.05, 3.63) is 64.0 Å². The first-order valence-electron chi connectivity index (χ1n) is 5.71. The van der Waals surface area contributed by atoms with Crippen LogP contribution in [0.5, 0.6) is 11.5 Å². The highest BCUT2D eigenvalue weighted by atomic mass is 19.1. The van der Waals surface area contributed by atoms with Gasteiger partial charge in [-0.15, -0.1) is 0 Å². The number of ketones is 1. The van der Waals surface area contributed by atoms with Crippen molar-refractivity contribution >= 4 is 11.5 Å². The zero-order valence-electron chi connectivity index (χ0n) is 10.5. The van der Waals surface area contributed by atoms with E-state index < -0.39 is 10.7 Å². The fourth-order valence-corrected chi connectivity index (χ4v) is 1.64. The van der Waals surface area contributed by atoms with Crippen LogP contribution in [-0.2, 0) is 0 Å². The summed E-state index contributed by atoms with van der Waals surface area (Å²) in [6.07, 6.45) is 0. The second-order valence-corrected chi connectivity index (χ2v) is 4.03. The Morgan fingerprint density at radius 2 is 1.85 bits per heavy atom. The lowest BCUT2D eigenvalue weighted by Crippen LogP contribution is -1.99. The van der Waals surface area contributed by atoms with Crippen molar-refractivity contribution in [3.63, 3.8) is 0 Å². The number of nitro groups is 1. The normalized spacial score (nSPS) is 10.1. The number of halogens is 1. The monoisotopic (exact) mass is 275 g/mol. The third kappa shape index (κ3) is 2.80. The number of ether oxygens (including phenoxy) is 1. The fourth-order valence-electron chi connectivity index (χ4n) is 1.64. The molecule has 0 aromatic heterocycles. The number of rotatable bonds is 4. The highest BCUT2D eigenvalue weighted by Gasteiger charge is 2.15. The second kappa shape index (κ2) is 5.48. The van der Waals surface area contributed by atoms with Crippen LogP contribution in [0.2, 0.25) is 0 Å². The molecule has 0 radical (unpaired) electrons. The van der Waals surface area contributed by atoms with Crippen molar-refractivity contribution in [2.75, 3.05) is 0 Å². The Balaban J connectivity index is 2.34. The number of Topliss-reactive ketones (excluding diaryl/α,β-unsaturated/α-hetero) is 1. The molecule has 5 nitrogen and oxygen atoms in total.